The zero-order valence-electron chi connectivity index (χ0n) is 14.5. The molecular formula is C20H25Cl2NO. The summed E-state index contributed by atoms with van der Waals surface area (Å²) in [6, 6.07) is 4.26. The molecule has 4 heteroatoms. The molecule has 3 aliphatic carbocycles. The average molecular weight is 366 g/mol. The number of nitrogens with one attached hydrogen (secondary N) is 1. The largest absolute Gasteiger partial charge is 0.325 e. The first-order chi connectivity index (χ1) is 11.3. The van der Waals surface area contributed by atoms with E-state index in [4.69, 9.17) is 23.2 Å². The van der Waals surface area contributed by atoms with Gasteiger partial charge in [-0.3, -0.25) is 4.79 Å². The standard InChI is InChI=1S/C20H25Cl2NO/c1-10-8-11(2)18(12(3)9-10)23-19(24)17-13-4-6-15-16(20(15,21)22)7-5-14(13)17/h8-9,13-17H,4-7H2,1-3H3,(H,23,24)/t13-,14-,15-,16+,17?/m1/s1. The van der Waals surface area contributed by atoms with E-state index in [1.807, 2.05) is 0 Å². The zero-order valence-corrected chi connectivity index (χ0v) is 16.0. The third-order valence-electron chi connectivity index (χ3n) is 6.55. The highest BCUT2D eigenvalue weighted by Gasteiger charge is 2.65. The van der Waals surface area contributed by atoms with E-state index < -0.39 is 4.33 Å². The lowest BCUT2D eigenvalue weighted by Gasteiger charge is -2.13. The highest BCUT2D eigenvalue weighted by atomic mass is 35.5. The number of rotatable bonds is 2. The maximum Gasteiger partial charge on any atom is 0.228 e. The summed E-state index contributed by atoms with van der Waals surface area (Å²) in [7, 11) is 0. The Bertz CT molecular complexity index is 654. The molecule has 3 saturated carbocycles. The van der Waals surface area contributed by atoms with E-state index in [0.29, 0.717) is 23.7 Å². The van der Waals surface area contributed by atoms with Gasteiger partial charge in [-0.05, 0) is 81.3 Å². The van der Waals surface area contributed by atoms with Crippen LogP contribution in [0, 0.1) is 50.4 Å². The molecule has 1 amide bonds. The highest BCUT2D eigenvalue weighted by molar-refractivity contribution is 6.51. The number of carbonyl (C=O) groups is 1. The van der Waals surface area contributed by atoms with Crippen molar-refractivity contribution in [3.63, 3.8) is 0 Å². The fraction of sp³-hybridized carbons (Fsp3) is 0.650. The third kappa shape index (κ3) is 2.66. The van der Waals surface area contributed by atoms with Crippen molar-refractivity contribution in [3.05, 3.63) is 28.8 Å². The molecule has 1 unspecified atom stereocenters. The van der Waals surface area contributed by atoms with Crippen molar-refractivity contribution >= 4 is 34.8 Å². The first-order valence-electron chi connectivity index (χ1n) is 9.07. The molecule has 0 aromatic heterocycles. The molecule has 24 heavy (non-hydrogen) atoms. The van der Waals surface area contributed by atoms with Gasteiger partial charge in [0.15, 0.2) is 0 Å². The van der Waals surface area contributed by atoms with Gasteiger partial charge in [0.2, 0.25) is 5.91 Å². The number of hydrogen-bond donors (Lipinski definition) is 1. The molecule has 0 saturated heterocycles. The molecule has 4 rings (SSSR count). The maximum absolute atomic E-state index is 12.8. The fourth-order valence-electron chi connectivity index (χ4n) is 5.20. The fourth-order valence-corrected chi connectivity index (χ4v) is 6.12. The summed E-state index contributed by atoms with van der Waals surface area (Å²) < 4.78 is -0.481. The van der Waals surface area contributed by atoms with Crippen LogP contribution in [0.4, 0.5) is 5.69 Å². The summed E-state index contributed by atoms with van der Waals surface area (Å²) in [6.07, 6.45) is 4.34. The summed E-state index contributed by atoms with van der Waals surface area (Å²) in [6.45, 7) is 6.23. The van der Waals surface area contributed by atoms with Crippen molar-refractivity contribution < 1.29 is 4.79 Å². The number of carbonyl (C=O) groups excluding carboxylic acids is 1. The topological polar surface area (TPSA) is 29.1 Å². The lowest BCUT2D eigenvalue weighted by atomic mass is 10.0. The van der Waals surface area contributed by atoms with Crippen LogP contribution in [0.1, 0.15) is 42.4 Å². The Labute approximate surface area is 154 Å². The Balaban J connectivity index is 1.43. The van der Waals surface area contributed by atoms with E-state index in [2.05, 4.69) is 38.2 Å². The predicted octanol–water partition coefficient (Wildman–Crippen LogP) is 5.41. The second-order valence-corrected chi connectivity index (χ2v) is 9.60. The molecule has 2 nitrogen and oxygen atoms in total. The molecule has 3 aliphatic rings. The number of alkyl halides is 2. The lowest BCUT2D eigenvalue weighted by Crippen LogP contribution is -2.17. The normalized spacial score (nSPS) is 36.0. The van der Waals surface area contributed by atoms with Crippen molar-refractivity contribution in [1.82, 2.24) is 0 Å². The minimum absolute atomic E-state index is 0.183. The predicted molar refractivity (Wildman–Crippen MR) is 99.6 cm³/mol. The Morgan fingerprint density at radius 2 is 1.50 bits per heavy atom. The monoisotopic (exact) mass is 365 g/mol. The van der Waals surface area contributed by atoms with Crippen LogP contribution in [-0.2, 0) is 4.79 Å². The number of hydrogen-bond acceptors (Lipinski definition) is 1. The van der Waals surface area contributed by atoms with E-state index in [0.717, 1.165) is 42.5 Å². The maximum atomic E-state index is 12.8. The van der Waals surface area contributed by atoms with Gasteiger partial charge in [0.05, 0.1) is 0 Å². The van der Waals surface area contributed by atoms with Crippen molar-refractivity contribution in [1.29, 1.82) is 0 Å². The molecule has 1 aromatic carbocycles. The second-order valence-electron chi connectivity index (χ2n) is 8.16. The van der Waals surface area contributed by atoms with E-state index in [9.17, 15) is 4.79 Å². The Hall–Kier alpha value is -0.730. The molecule has 0 bridgehead atoms. The van der Waals surface area contributed by atoms with Gasteiger partial charge in [0, 0.05) is 11.6 Å². The molecule has 0 heterocycles. The van der Waals surface area contributed by atoms with Crippen molar-refractivity contribution in [2.75, 3.05) is 5.32 Å². The van der Waals surface area contributed by atoms with Gasteiger partial charge in [-0.15, -0.1) is 23.2 Å². The number of anilines is 1. The SMILES string of the molecule is Cc1cc(C)c(NC(=O)C2[C@@H]3CC[C@@H]4[C@H](CC[C@@H]23)C4(Cl)Cl)c(C)c1. The molecule has 0 radical (unpaired) electrons. The first kappa shape index (κ1) is 16.7. The van der Waals surface area contributed by atoms with Crippen LogP contribution in [0.2, 0.25) is 0 Å². The molecule has 5 atom stereocenters. The number of halogens is 2. The molecule has 0 aliphatic heterocycles. The number of aryl methyl sites for hydroxylation is 3. The van der Waals surface area contributed by atoms with Gasteiger partial charge in [-0.1, -0.05) is 17.7 Å². The minimum atomic E-state index is -0.481. The summed E-state index contributed by atoms with van der Waals surface area (Å²) in [4.78, 5) is 12.8. The van der Waals surface area contributed by atoms with Gasteiger partial charge < -0.3 is 5.32 Å². The van der Waals surface area contributed by atoms with Crippen LogP contribution < -0.4 is 5.32 Å². The molecule has 1 aromatic rings. The molecule has 0 spiro atoms. The van der Waals surface area contributed by atoms with Gasteiger partial charge in [0.1, 0.15) is 4.33 Å². The van der Waals surface area contributed by atoms with Gasteiger partial charge in [-0.25, -0.2) is 0 Å². The molecular weight excluding hydrogens is 341 g/mol. The third-order valence-corrected chi connectivity index (χ3v) is 7.67. The van der Waals surface area contributed by atoms with Crippen molar-refractivity contribution in [2.24, 2.45) is 29.6 Å². The summed E-state index contributed by atoms with van der Waals surface area (Å²) in [5.74, 6) is 2.35. The van der Waals surface area contributed by atoms with E-state index in [-0.39, 0.29) is 11.8 Å². The highest BCUT2D eigenvalue weighted by Crippen LogP contribution is 2.67. The molecule has 130 valence electrons. The van der Waals surface area contributed by atoms with Crippen LogP contribution in [0.25, 0.3) is 0 Å². The average Bonchev–Trinajstić information content (AvgIpc) is 3.27. The van der Waals surface area contributed by atoms with E-state index in [1.165, 1.54) is 5.56 Å². The van der Waals surface area contributed by atoms with Gasteiger partial charge >= 0.3 is 0 Å². The Morgan fingerprint density at radius 1 is 1.00 bits per heavy atom. The van der Waals surface area contributed by atoms with E-state index >= 15 is 0 Å². The first-order valence-corrected chi connectivity index (χ1v) is 9.83. The molecule has 1 N–H and O–H groups in total. The summed E-state index contributed by atoms with van der Waals surface area (Å²) in [5, 5.41) is 3.21. The van der Waals surface area contributed by atoms with Crippen LogP contribution in [0.15, 0.2) is 12.1 Å². The van der Waals surface area contributed by atoms with E-state index in [1.54, 1.807) is 0 Å². The van der Waals surface area contributed by atoms with Crippen LogP contribution in [0.5, 0.6) is 0 Å². The van der Waals surface area contributed by atoms with Crippen LogP contribution in [-0.4, -0.2) is 10.2 Å². The number of amides is 1. The van der Waals surface area contributed by atoms with Gasteiger partial charge in [0.25, 0.3) is 0 Å². The zero-order chi connectivity index (χ0) is 17.2. The second kappa shape index (κ2) is 5.64. The number of benzene rings is 1. The minimum Gasteiger partial charge on any atom is -0.325 e. The smallest absolute Gasteiger partial charge is 0.228 e. The van der Waals surface area contributed by atoms with Gasteiger partial charge in [-0.2, -0.15) is 0 Å². The van der Waals surface area contributed by atoms with Crippen LogP contribution in [0.3, 0.4) is 0 Å². The number of fused-ring (bicyclic) bond motifs is 2. The molecule has 3 fully saturated rings. The van der Waals surface area contributed by atoms with Crippen molar-refractivity contribution in [2.45, 2.75) is 50.8 Å². The lowest BCUT2D eigenvalue weighted by molar-refractivity contribution is -0.117. The van der Waals surface area contributed by atoms with Crippen molar-refractivity contribution in [3.8, 4) is 0 Å². The Morgan fingerprint density at radius 3 is 2.00 bits per heavy atom. The quantitative estimate of drug-likeness (QED) is 0.697. The summed E-state index contributed by atoms with van der Waals surface area (Å²) >= 11 is 12.7. The summed E-state index contributed by atoms with van der Waals surface area (Å²) in [5.41, 5.74) is 4.53. The van der Waals surface area contributed by atoms with Crippen LogP contribution >= 0.6 is 23.2 Å². The Kier molecular flexibility index (Phi) is 3.93.